The Hall–Kier alpha value is -1.51. The fourth-order valence-electron chi connectivity index (χ4n) is 2.30. The normalized spacial score (nSPS) is 12.4. The first kappa shape index (κ1) is 21.5. The van der Waals surface area contributed by atoms with Gasteiger partial charge in [-0.1, -0.05) is 12.1 Å². The quantitative estimate of drug-likeness (QED) is 0.350. The zero-order valence-corrected chi connectivity index (χ0v) is 16.5. The average molecular weight is 366 g/mol. The van der Waals surface area contributed by atoms with Gasteiger partial charge in [0, 0.05) is 12.1 Å². The topological polar surface area (TPSA) is 71.8 Å². The van der Waals surface area contributed by atoms with E-state index >= 15 is 0 Å². The first-order valence-corrected chi connectivity index (χ1v) is 9.42. The number of carbonyl (C=O) groups excluding carboxylic acids is 1. The van der Waals surface area contributed by atoms with Crippen molar-refractivity contribution in [2.24, 2.45) is 0 Å². The van der Waals surface area contributed by atoms with Crippen LogP contribution < -0.4 is 0 Å². The van der Waals surface area contributed by atoms with E-state index in [-0.39, 0.29) is 18.1 Å². The van der Waals surface area contributed by atoms with Crippen LogP contribution in [-0.4, -0.2) is 36.4 Å². The molecule has 0 fully saturated rings. The molecule has 0 aliphatic carbocycles. The van der Waals surface area contributed by atoms with Gasteiger partial charge >= 0.3 is 5.97 Å². The number of hydrogen-bond acceptors (Lipinski definition) is 6. The van der Waals surface area contributed by atoms with Crippen molar-refractivity contribution in [3.63, 3.8) is 0 Å². The van der Waals surface area contributed by atoms with Crippen LogP contribution in [0.25, 0.3) is 0 Å². The van der Waals surface area contributed by atoms with Crippen LogP contribution in [-0.2, 0) is 20.4 Å². The smallest absolute Gasteiger partial charge is 0.337 e. The molecule has 0 heterocycles. The molecule has 0 bridgehead atoms. The molecule has 1 aromatic carbocycles. The van der Waals surface area contributed by atoms with Crippen molar-refractivity contribution in [2.75, 3.05) is 13.7 Å². The minimum atomic E-state index is -1.27. The SMILES string of the molecule is COC(=O)c1ccc(COP(OCCC#N)N(C(C)C)C(C)C)cc1. The number of carbonyl (C=O) groups is 1. The van der Waals surface area contributed by atoms with Crippen LogP contribution in [0.2, 0.25) is 0 Å². The highest BCUT2D eigenvalue weighted by atomic mass is 31.2. The molecule has 0 radical (unpaired) electrons. The molecule has 0 spiro atoms. The number of hydrogen-bond donors (Lipinski definition) is 0. The highest BCUT2D eigenvalue weighted by Gasteiger charge is 2.27. The number of benzene rings is 1. The van der Waals surface area contributed by atoms with E-state index in [0.717, 1.165) is 5.56 Å². The van der Waals surface area contributed by atoms with Gasteiger partial charge in [-0.2, -0.15) is 5.26 Å². The summed E-state index contributed by atoms with van der Waals surface area (Å²) in [6.07, 6.45) is 0.333. The Labute approximate surface area is 151 Å². The van der Waals surface area contributed by atoms with Gasteiger partial charge in [-0.3, -0.25) is 0 Å². The van der Waals surface area contributed by atoms with Crippen molar-refractivity contribution >= 4 is 14.5 Å². The second-order valence-electron chi connectivity index (χ2n) is 6.01. The molecular formula is C18H27N2O4P. The lowest BCUT2D eigenvalue weighted by atomic mass is 10.1. The van der Waals surface area contributed by atoms with E-state index in [2.05, 4.69) is 38.4 Å². The lowest BCUT2D eigenvalue weighted by Gasteiger charge is -2.35. The molecule has 0 saturated carbocycles. The number of nitrogens with zero attached hydrogens (tertiary/aromatic N) is 2. The molecule has 0 aliphatic heterocycles. The maximum atomic E-state index is 11.5. The first-order valence-electron chi connectivity index (χ1n) is 8.29. The third kappa shape index (κ3) is 7.09. The van der Waals surface area contributed by atoms with Gasteiger partial charge in [-0.15, -0.1) is 0 Å². The molecular weight excluding hydrogens is 339 g/mol. The molecule has 1 aromatic rings. The van der Waals surface area contributed by atoms with Crippen molar-refractivity contribution in [3.8, 4) is 6.07 Å². The molecule has 0 saturated heterocycles. The van der Waals surface area contributed by atoms with Crippen molar-refractivity contribution in [1.82, 2.24) is 4.67 Å². The lowest BCUT2D eigenvalue weighted by Crippen LogP contribution is -2.33. The molecule has 1 unspecified atom stereocenters. The number of methoxy groups -OCH3 is 1. The van der Waals surface area contributed by atoms with E-state index in [1.54, 1.807) is 12.1 Å². The van der Waals surface area contributed by atoms with E-state index in [1.165, 1.54) is 7.11 Å². The van der Waals surface area contributed by atoms with Crippen LogP contribution in [0.15, 0.2) is 24.3 Å². The van der Waals surface area contributed by atoms with E-state index in [4.69, 9.17) is 19.0 Å². The predicted octanol–water partition coefficient (Wildman–Crippen LogP) is 4.27. The predicted molar refractivity (Wildman–Crippen MR) is 97.8 cm³/mol. The summed E-state index contributed by atoms with van der Waals surface area (Å²) in [5, 5.41) is 8.72. The maximum absolute atomic E-state index is 11.5. The Bertz CT molecular complexity index is 561. The molecule has 6 nitrogen and oxygen atoms in total. The van der Waals surface area contributed by atoms with Crippen LogP contribution in [0, 0.1) is 11.3 Å². The molecule has 1 rings (SSSR count). The van der Waals surface area contributed by atoms with Gasteiger partial charge < -0.3 is 13.8 Å². The molecule has 1 atom stereocenters. The van der Waals surface area contributed by atoms with Crippen LogP contribution in [0.5, 0.6) is 0 Å². The maximum Gasteiger partial charge on any atom is 0.337 e. The number of nitriles is 1. The van der Waals surface area contributed by atoms with Gasteiger partial charge in [0.05, 0.1) is 38.4 Å². The minimum absolute atomic E-state index is 0.259. The van der Waals surface area contributed by atoms with Crippen LogP contribution >= 0.6 is 8.53 Å². The van der Waals surface area contributed by atoms with Crippen molar-refractivity contribution < 1.29 is 18.6 Å². The summed E-state index contributed by atoms with van der Waals surface area (Å²) in [4.78, 5) is 11.5. The van der Waals surface area contributed by atoms with Gasteiger partial charge in [0.15, 0.2) is 0 Å². The summed E-state index contributed by atoms with van der Waals surface area (Å²) >= 11 is 0. The summed E-state index contributed by atoms with van der Waals surface area (Å²) in [7, 11) is 0.0878. The molecule has 0 N–H and O–H groups in total. The Morgan fingerprint density at radius 1 is 1.16 bits per heavy atom. The van der Waals surface area contributed by atoms with Crippen LogP contribution in [0.1, 0.15) is 50.0 Å². The summed E-state index contributed by atoms with van der Waals surface area (Å²) in [6.45, 7) is 9.10. The van der Waals surface area contributed by atoms with Crippen molar-refractivity contribution in [1.29, 1.82) is 5.26 Å². The molecule has 138 valence electrons. The molecule has 0 aliphatic rings. The summed E-state index contributed by atoms with van der Waals surface area (Å²) in [5.74, 6) is -0.361. The minimum Gasteiger partial charge on any atom is -0.465 e. The Morgan fingerprint density at radius 2 is 1.76 bits per heavy atom. The Kier molecular flexibility index (Phi) is 9.62. The van der Waals surface area contributed by atoms with Crippen molar-refractivity contribution in [3.05, 3.63) is 35.4 Å². The highest BCUT2D eigenvalue weighted by molar-refractivity contribution is 7.44. The second-order valence-corrected chi connectivity index (χ2v) is 7.46. The standard InChI is InChI=1S/C18H27N2O4P/c1-14(2)20(15(3)4)25(23-12-6-11-19)24-13-16-7-9-17(10-8-16)18(21)22-5/h7-10,14-15H,6,12-13H2,1-5H3. The summed E-state index contributed by atoms with van der Waals surface area (Å²) in [6, 6.07) is 9.71. The van der Waals surface area contributed by atoms with Gasteiger partial charge in [0.25, 0.3) is 8.53 Å². The molecule has 7 heteroatoms. The molecule has 25 heavy (non-hydrogen) atoms. The second kappa shape index (κ2) is 11.2. The van der Waals surface area contributed by atoms with Crippen LogP contribution in [0.4, 0.5) is 0 Å². The van der Waals surface area contributed by atoms with Gasteiger partial charge in [-0.25, -0.2) is 9.46 Å². The lowest BCUT2D eigenvalue weighted by molar-refractivity contribution is 0.0600. The van der Waals surface area contributed by atoms with Crippen LogP contribution in [0.3, 0.4) is 0 Å². The fraction of sp³-hybridized carbons (Fsp3) is 0.556. The van der Waals surface area contributed by atoms with E-state index in [1.807, 2.05) is 12.1 Å². The molecule has 0 amide bonds. The molecule has 0 aromatic heterocycles. The zero-order chi connectivity index (χ0) is 18.8. The fourth-order valence-corrected chi connectivity index (χ4v) is 3.90. The van der Waals surface area contributed by atoms with Gasteiger partial charge in [0.2, 0.25) is 0 Å². The highest BCUT2D eigenvalue weighted by Crippen LogP contribution is 2.46. The number of esters is 1. The number of rotatable bonds is 10. The number of ether oxygens (including phenoxy) is 1. The third-order valence-electron chi connectivity index (χ3n) is 3.38. The van der Waals surface area contributed by atoms with E-state index < -0.39 is 8.53 Å². The van der Waals surface area contributed by atoms with Gasteiger partial charge in [-0.05, 0) is 45.4 Å². The zero-order valence-electron chi connectivity index (χ0n) is 15.6. The first-order chi connectivity index (χ1) is 11.9. The largest absolute Gasteiger partial charge is 0.465 e. The van der Waals surface area contributed by atoms with Gasteiger partial charge in [0.1, 0.15) is 0 Å². The summed E-state index contributed by atoms with van der Waals surface area (Å²) < 4.78 is 18.7. The Morgan fingerprint density at radius 3 is 2.24 bits per heavy atom. The average Bonchev–Trinajstić information content (AvgIpc) is 2.58. The van der Waals surface area contributed by atoms with E-state index in [9.17, 15) is 4.79 Å². The Balaban J connectivity index is 2.76. The monoisotopic (exact) mass is 366 g/mol. The van der Waals surface area contributed by atoms with E-state index in [0.29, 0.717) is 25.2 Å². The third-order valence-corrected chi connectivity index (χ3v) is 5.43. The summed E-state index contributed by atoms with van der Waals surface area (Å²) in [5.41, 5.74) is 1.45. The van der Waals surface area contributed by atoms with Crippen molar-refractivity contribution in [2.45, 2.75) is 52.8 Å².